The Morgan fingerprint density at radius 2 is 1.96 bits per heavy atom. The Labute approximate surface area is 163 Å². The lowest BCUT2D eigenvalue weighted by molar-refractivity contribution is -0.120. The van der Waals surface area contributed by atoms with Gasteiger partial charge in [-0.1, -0.05) is 19.1 Å². The van der Waals surface area contributed by atoms with E-state index in [-0.39, 0.29) is 18.3 Å². The van der Waals surface area contributed by atoms with Gasteiger partial charge in [-0.15, -0.1) is 11.8 Å². The molecule has 0 unspecified atom stereocenters. The fourth-order valence-electron chi connectivity index (χ4n) is 2.97. The number of ether oxygens (including phenoxy) is 2. The first-order chi connectivity index (χ1) is 13.0. The maximum Gasteiger partial charge on any atom is 0.264 e. The van der Waals surface area contributed by atoms with Gasteiger partial charge in [-0.3, -0.25) is 9.59 Å². The second-order valence-electron chi connectivity index (χ2n) is 6.44. The number of thioether (sulfide) groups is 1. The summed E-state index contributed by atoms with van der Waals surface area (Å²) in [7, 11) is 1.51. The third kappa shape index (κ3) is 4.45. The van der Waals surface area contributed by atoms with Gasteiger partial charge in [0.1, 0.15) is 0 Å². The summed E-state index contributed by atoms with van der Waals surface area (Å²) >= 11 is 1.79. The molecule has 0 saturated heterocycles. The first-order valence-electron chi connectivity index (χ1n) is 8.87. The number of carbonyl (C=O) groups excluding carboxylic acids is 2. The van der Waals surface area contributed by atoms with Gasteiger partial charge in [0.25, 0.3) is 5.91 Å². The molecule has 142 valence electrons. The summed E-state index contributed by atoms with van der Waals surface area (Å²) in [5.41, 5.74) is 1.47. The van der Waals surface area contributed by atoms with E-state index in [1.165, 1.54) is 14.0 Å². The average Bonchev–Trinajstić information content (AvgIpc) is 2.84. The Bertz CT molecular complexity index is 852. The predicted octanol–water partition coefficient (Wildman–Crippen LogP) is 4.19. The first kappa shape index (κ1) is 19.3. The van der Waals surface area contributed by atoms with Crippen molar-refractivity contribution in [3.05, 3.63) is 48.0 Å². The highest BCUT2D eigenvalue weighted by Crippen LogP contribution is 2.37. The lowest BCUT2D eigenvalue weighted by Gasteiger charge is -2.23. The lowest BCUT2D eigenvalue weighted by Crippen LogP contribution is -2.36. The van der Waals surface area contributed by atoms with Gasteiger partial charge in [0.05, 0.1) is 12.8 Å². The van der Waals surface area contributed by atoms with Gasteiger partial charge in [-0.05, 0) is 43.7 Å². The molecule has 5 nitrogen and oxygen atoms in total. The molecule has 3 rings (SSSR count). The van der Waals surface area contributed by atoms with E-state index in [2.05, 4.69) is 6.92 Å². The van der Waals surface area contributed by atoms with Crippen molar-refractivity contribution in [2.24, 2.45) is 0 Å². The van der Waals surface area contributed by atoms with E-state index in [1.807, 2.05) is 24.3 Å². The predicted molar refractivity (Wildman–Crippen MR) is 107 cm³/mol. The Morgan fingerprint density at radius 3 is 2.70 bits per heavy atom. The summed E-state index contributed by atoms with van der Waals surface area (Å²) in [6.07, 6.45) is 0.918. The average molecular weight is 385 g/mol. The molecule has 0 radical (unpaired) electrons. The molecule has 1 heterocycles. The topological polar surface area (TPSA) is 55.8 Å². The number of rotatable bonds is 5. The molecule has 0 spiro atoms. The standard InChI is InChI=1S/C21H23NO4S/c1-14-10-11-22(17-6-4-5-7-20(17)27-14)21(24)13-26-18-9-8-16(15(2)23)12-19(18)25-3/h4-9,12,14H,10-11,13H2,1-3H3/t14-/m0/s1. The van der Waals surface area contributed by atoms with Crippen LogP contribution >= 0.6 is 11.8 Å². The van der Waals surface area contributed by atoms with Gasteiger partial charge in [0.2, 0.25) is 0 Å². The third-order valence-corrected chi connectivity index (χ3v) is 5.70. The van der Waals surface area contributed by atoms with E-state index < -0.39 is 0 Å². The number of Topliss-reactive ketones (excluding diaryl/α,β-unsaturated/α-hetero) is 1. The molecule has 0 bridgehead atoms. The molecule has 1 amide bonds. The summed E-state index contributed by atoms with van der Waals surface area (Å²) in [4.78, 5) is 27.3. The van der Waals surface area contributed by atoms with E-state index in [0.29, 0.717) is 28.9 Å². The molecular weight excluding hydrogens is 362 g/mol. The van der Waals surface area contributed by atoms with Gasteiger partial charge in [-0.25, -0.2) is 0 Å². The van der Waals surface area contributed by atoms with Crippen LogP contribution in [0.1, 0.15) is 30.6 Å². The highest BCUT2D eigenvalue weighted by atomic mass is 32.2. The van der Waals surface area contributed by atoms with Crippen LogP contribution in [0.3, 0.4) is 0 Å². The summed E-state index contributed by atoms with van der Waals surface area (Å²) in [5, 5.41) is 0.448. The van der Waals surface area contributed by atoms with E-state index >= 15 is 0 Å². The molecule has 0 N–H and O–H groups in total. The molecule has 1 aliphatic heterocycles. The number of nitrogens with zero attached hydrogens (tertiary/aromatic N) is 1. The fourth-order valence-corrected chi connectivity index (χ4v) is 4.08. The molecule has 0 aliphatic carbocycles. The van der Waals surface area contributed by atoms with Crippen LogP contribution in [-0.4, -0.2) is 37.2 Å². The molecule has 1 aliphatic rings. The number of benzene rings is 2. The third-order valence-electron chi connectivity index (χ3n) is 4.47. The maximum absolute atomic E-state index is 12.9. The van der Waals surface area contributed by atoms with Crippen molar-refractivity contribution in [1.82, 2.24) is 0 Å². The van der Waals surface area contributed by atoms with Crippen molar-refractivity contribution in [1.29, 1.82) is 0 Å². The SMILES string of the molecule is COc1cc(C(C)=O)ccc1OCC(=O)N1CC[C@H](C)Sc2ccccc21. The summed E-state index contributed by atoms with van der Waals surface area (Å²) in [6.45, 7) is 4.24. The largest absolute Gasteiger partial charge is 0.493 e. The van der Waals surface area contributed by atoms with Gasteiger partial charge in [0.15, 0.2) is 23.9 Å². The molecule has 0 saturated carbocycles. The number of hydrogen-bond donors (Lipinski definition) is 0. The smallest absolute Gasteiger partial charge is 0.264 e. The Kier molecular flexibility index (Phi) is 6.06. The minimum absolute atomic E-state index is 0.0521. The number of methoxy groups -OCH3 is 1. The molecule has 0 fully saturated rings. The van der Waals surface area contributed by atoms with E-state index in [4.69, 9.17) is 9.47 Å². The van der Waals surface area contributed by atoms with Crippen LogP contribution in [0.4, 0.5) is 5.69 Å². The van der Waals surface area contributed by atoms with Crippen molar-refractivity contribution >= 4 is 29.1 Å². The maximum atomic E-state index is 12.9. The number of para-hydroxylation sites is 1. The van der Waals surface area contributed by atoms with Crippen molar-refractivity contribution in [2.45, 2.75) is 30.4 Å². The second-order valence-corrected chi connectivity index (χ2v) is 7.92. The van der Waals surface area contributed by atoms with Crippen LogP contribution in [-0.2, 0) is 4.79 Å². The van der Waals surface area contributed by atoms with Gasteiger partial charge >= 0.3 is 0 Å². The second kappa shape index (κ2) is 8.48. The van der Waals surface area contributed by atoms with E-state index in [1.54, 1.807) is 34.9 Å². The molecule has 6 heteroatoms. The summed E-state index contributed by atoms with van der Waals surface area (Å²) in [5.74, 6) is 0.733. The van der Waals surface area contributed by atoms with Gasteiger partial charge < -0.3 is 14.4 Å². The van der Waals surface area contributed by atoms with Crippen LogP contribution in [0.25, 0.3) is 0 Å². The van der Waals surface area contributed by atoms with Crippen molar-refractivity contribution in [3.8, 4) is 11.5 Å². The quantitative estimate of drug-likeness (QED) is 0.722. The number of ketones is 1. The molecule has 27 heavy (non-hydrogen) atoms. The molecule has 2 aromatic rings. The van der Waals surface area contributed by atoms with Gasteiger partial charge in [-0.2, -0.15) is 0 Å². The normalized spacial score (nSPS) is 16.3. The van der Waals surface area contributed by atoms with Crippen molar-refractivity contribution in [3.63, 3.8) is 0 Å². The zero-order valence-electron chi connectivity index (χ0n) is 15.7. The summed E-state index contributed by atoms with van der Waals surface area (Å²) in [6, 6.07) is 12.9. The Morgan fingerprint density at radius 1 is 1.19 bits per heavy atom. The number of hydrogen-bond acceptors (Lipinski definition) is 5. The van der Waals surface area contributed by atoms with Crippen LogP contribution < -0.4 is 14.4 Å². The number of amides is 1. The minimum Gasteiger partial charge on any atom is -0.493 e. The number of anilines is 1. The van der Waals surface area contributed by atoms with E-state index in [9.17, 15) is 9.59 Å². The van der Waals surface area contributed by atoms with Crippen LogP contribution in [0.2, 0.25) is 0 Å². The zero-order chi connectivity index (χ0) is 19.4. The van der Waals surface area contributed by atoms with Crippen molar-refractivity contribution in [2.75, 3.05) is 25.2 Å². The fraction of sp³-hybridized carbons (Fsp3) is 0.333. The molecule has 1 atom stereocenters. The highest BCUT2D eigenvalue weighted by Gasteiger charge is 2.24. The Balaban J connectivity index is 1.75. The zero-order valence-corrected chi connectivity index (χ0v) is 16.5. The number of fused-ring (bicyclic) bond motifs is 1. The highest BCUT2D eigenvalue weighted by molar-refractivity contribution is 8.00. The van der Waals surface area contributed by atoms with Crippen LogP contribution in [0.15, 0.2) is 47.4 Å². The van der Waals surface area contributed by atoms with Crippen molar-refractivity contribution < 1.29 is 19.1 Å². The Hall–Kier alpha value is -2.47. The van der Waals surface area contributed by atoms with E-state index in [0.717, 1.165) is 17.0 Å². The van der Waals surface area contributed by atoms with Crippen LogP contribution in [0, 0.1) is 0 Å². The molecule has 2 aromatic carbocycles. The van der Waals surface area contributed by atoms with Crippen LogP contribution in [0.5, 0.6) is 11.5 Å². The molecular formula is C21H23NO4S. The molecule has 0 aromatic heterocycles. The first-order valence-corrected chi connectivity index (χ1v) is 9.75. The summed E-state index contributed by atoms with van der Waals surface area (Å²) < 4.78 is 11.0. The van der Waals surface area contributed by atoms with Gasteiger partial charge in [0, 0.05) is 22.3 Å². The monoisotopic (exact) mass is 385 g/mol. The number of carbonyl (C=O) groups is 2. The minimum atomic E-state index is -0.102. The lowest BCUT2D eigenvalue weighted by atomic mass is 10.1.